The summed E-state index contributed by atoms with van der Waals surface area (Å²) in [5.41, 5.74) is 8.95. The van der Waals surface area contributed by atoms with E-state index in [0.29, 0.717) is 0 Å². The lowest BCUT2D eigenvalue weighted by atomic mass is 10.0. The third kappa shape index (κ3) is 5.96. The highest BCUT2D eigenvalue weighted by atomic mass is 32.2. The summed E-state index contributed by atoms with van der Waals surface area (Å²) in [5.74, 6) is -0.361. The summed E-state index contributed by atoms with van der Waals surface area (Å²) in [6.07, 6.45) is 0. The number of nitrogens with zero attached hydrogens (tertiary/aromatic N) is 2. The highest BCUT2D eigenvalue weighted by Crippen LogP contribution is 2.35. The molecule has 7 heteroatoms. The minimum atomic E-state index is -0.322. The smallest absolute Gasteiger partial charge is 0.260 e. The van der Waals surface area contributed by atoms with Crippen LogP contribution in [0.1, 0.15) is 27.8 Å². The standard InChI is InChI=1S/C22H24N4O2S/c1-16-13-17(2)26(25-16)14-20(27)23-24-21(28)15-29-22(18-9-5-3-6-10-18)19-11-7-4-8-12-19/h3-13,22H,14-15H2,1-2H3,(H,23,27)(H,24,28). The van der Waals surface area contributed by atoms with E-state index in [1.54, 1.807) is 4.68 Å². The van der Waals surface area contributed by atoms with Gasteiger partial charge in [0.05, 0.1) is 16.7 Å². The van der Waals surface area contributed by atoms with E-state index in [4.69, 9.17) is 0 Å². The van der Waals surface area contributed by atoms with Crippen LogP contribution in [0.5, 0.6) is 0 Å². The third-order valence-corrected chi connectivity index (χ3v) is 5.63. The molecule has 0 saturated heterocycles. The number of hydrogen-bond donors (Lipinski definition) is 2. The normalized spacial score (nSPS) is 10.7. The van der Waals surface area contributed by atoms with Crippen LogP contribution in [0.3, 0.4) is 0 Å². The van der Waals surface area contributed by atoms with Crippen LogP contribution in [0.4, 0.5) is 0 Å². The first-order chi connectivity index (χ1) is 14.0. The van der Waals surface area contributed by atoms with Crippen LogP contribution in [-0.2, 0) is 16.1 Å². The molecular formula is C22H24N4O2S. The van der Waals surface area contributed by atoms with Crippen molar-refractivity contribution in [1.82, 2.24) is 20.6 Å². The number of hydrazine groups is 1. The predicted molar refractivity (Wildman–Crippen MR) is 115 cm³/mol. The van der Waals surface area contributed by atoms with Gasteiger partial charge >= 0.3 is 0 Å². The van der Waals surface area contributed by atoms with E-state index < -0.39 is 0 Å². The van der Waals surface area contributed by atoms with Crippen LogP contribution in [-0.4, -0.2) is 27.3 Å². The van der Waals surface area contributed by atoms with Gasteiger partial charge in [0.1, 0.15) is 6.54 Å². The lowest BCUT2D eigenvalue weighted by Crippen LogP contribution is -2.44. The highest BCUT2D eigenvalue weighted by Gasteiger charge is 2.16. The molecule has 0 aliphatic rings. The summed E-state index contributed by atoms with van der Waals surface area (Å²) in [4.78, 5) is 24.3. The third-order valence-electron chi connectivity index (χ3n) is 4.32. The van der Waals surface area contributed by atoms with E-state index in [-0.39, 0.29) is 29.4 Å². The van der Waals surface area contributed by atoms with Crippen molar-refractivity contribution < 1.29 is 9.59 Å². The van der Waals surface area contributed by atoms with Crippen LogP contribution in [0, 0.1) is 13.8 Å². The van der Waals surface area contributed by atoms with Gasteiger partial charge in [0.25, 0.3) is 5.91 Å². The fraction of sp³-hybridized carbons (Fsp3) is 0.227. The Kier molecular flexibility index (Phi) is 7.08. The molecule has 2 amide bonds. The molecule has 0 unspecified atom stereocenters. The molecule has 0 saturated carbocycles. The molecule has 1 aromatic heterocycles. The summed E-state index contributed by atoms with van der Waals surface area (Å²) in [7, 11) is 0. The zero-order chi connectivity index (χ0) is 20.6. The Bertz CT molecular complexity index is 918. The average Bonchev–Trinajstić information content (AvgIpc) is 3.05. The van der Waals surface area contributed by atoms with Crippen molar-refractivity contribution in [1.29, 1.82) is 0 Å². The number of carbonyl (C=O) groups is 2. The first kappa shape index (κ1) is 20.7. The molecule has 2 aromatic carbocycles. The Labute approximate surface area is 174 Å². The Morgan fingerprint density at radius 1 is 0.931 bits per heavy atom. The Morgan fingerprint density at radius 3 is 2.00 bits per heavy atom. The van der Waals surface area contributed by atoms with Gasteiger partial charge in [-0.05, 0) is 31.0 Å². The fourth-order valence-corrected chi connectivity index (χ4v) is 4.08. The second-order valence-corrected chi connectivity index (χ2v) is 7.79. The number of aryl methyl sites for hydroxylation is 2. The molecule has 1 heterocycles. The average molecular weight is 409 g/mol. The van der Waals surface area contributed by atoms with Gasteiger partial charge in [-0.15, -0.1) is 11.8 Å². The molecule has 0 fully saturated rings. The first-order valence-electron chi connectivity index (χ1n) is 9.33. The minimum Gasteiger partial charge on any atom is -0.272 e. The predicted octanol–water partition coefficient (Wildman–Crippen LogP) is 3.17. The summed E-state index contributed by atoms with van der Waals surface area (Å²) in [6, 6.07) is 22.0. The summed E-state index contributed by atoms with van der Waals surface area (Å²) in [6.45, 7) is 3.82. The maximum atomic E-state index is 12.3. The van der Waals surface area contributed by atoms with Crippen LogP contribution in [0.2, 0.25) is 0 Å². The van der Waals surface area contributed by atoms with Crippen molar-refractivity contribution >= 4 is 23.6 Å². The number of amides is 2. The lowest BCUT2D eigenvalue weighted by molar-refractivity contribution is -0.128. The maximum absolute atomic E-state index is 12.3. The van der Waals surface area contributed by atoms with E-state index in [1.807, 2.05) is 56.3 Å². The molecule has 29 heavy (non-hydrogen) atoms. The van der Waals surface area contributed by atoms with Crippen LogP contribution < -0.4 is 10.9 Å². The number of benzene rings is 2. The van der Waals surface area contributed by atoms with Gasteiger partial charge in [-0.2, -0.15) is 5.10 Å². The first-order valence-corrected chi connectivity index (χ1v) is 10.4. The second-order valence-electron chi connectivity index (χ2n) is 6.69. The number of aromatic nitrogens is 2. The molecule has 6 nitrogen and oxygen atoms in total. The van der Waals surface area contributed by atoms with Crippen molar-refractivity contribution in [2.24, 2.45) is 0 Å². The number of rotatable bonds is 7. The molecular weight excluding hydrogens is 384 g/mol. The summed E-state index contributed by atoms with van der Waals surface area (Å²) >= 11 is 1.52. The van der Waals surface area contributed by atoms with Crippen molar-refractivity contribution in [3.8, 4) is 0 Å². The number of carbonyl (C=O) groups excluding carboxylic acids is 2. The monoisotopic (exact) mass is 408 g/mol. The van der Waals surface area contributed by atoms with Crippen molar-refractivity contribution in [2.45, 2.75) is 25.6 Å². The van der Waals surface area contributed by atoms with Gasteiger partial charge < -0.3 is 0 Å². The second kappa shape index (κ2) is 9.93. The minimum absolute atomic E-state index is 0.0357. The molecule has 0 aliphatic carbocycles. The van der Waals surface area contributed by atoms with E-state index in [9.17, 15) is 9.59 Å². The van der Waals surface area contributed by atoms with Gasteiger partial charge in [-0.1, -0.05) is 60.7 Å². The zero-order valence-corrected chi connectivity index (χ0v) is 17.3. The Morgan fingerprint density at radius 2 is 1.48 bits per heavy atom. The number of nitrogens with one attached hydrogen (secondary N) is 2. The van der Waals surface area contributed by atoms with Gasteiger partial charge in [0, 0.05) is 5.69 Å². The van der Waals surface area contributed by atoms with Gasteiger partial charge in [-0.25, -0.2) is 0 Å². The van der Waals surface area contributed by atoms with Crippen molar-refractivity contribution in [3.05, 3.63) is 89.2 Å². The quantitative estimate of drug-likeness (QED) is 0.589. The molecule has 0 atom stereocenters. The molecule has 2 N–H and O–H groups in total. The van der Waals surface area contributed by atoms with E-state index in [1.165, 1.54) is 11.8 Å². The fourth-order valence-electron chi connectivity index (χ4n) is 2.99. The molecule has 150 valence electrons. The number of hydrogen-bond acceptors (Lipinski definition) is 4. The van der Waals surface area contributed by atoms with Crippen LogP contribution >= 0.6 is 11.8 Å². The SMILES string of the molecule is Cc1cc(C)n(CC(=O)NNC(=O)CSC(c2ccccc2)c2ccccc2)n1. The molecule has 3 aromatic rings. The zero-order valence-electron chi connectivity index (χ0n) is 16.5. The Hall–Kier alpha value is -3.06. The molecule has 3 rings (SSSR count). The summed E-state index contributed by atoms with van der Waals surface area (Å²) < 4.78 is 1.60. The van der Waals surface area contributed by atoms with Gasteiger partial charge in [-0.3, -0.25) is 25.1 Å². The molecule has 0 bridgehead atoms. The highest BCUT2D eigenvalue weighted by molar-refractivity contribution is 8.00. The van der Waals surface area contributed by atoms with Gasteiger partial charge in [0.15, 0.2) is 0 Å². The van der Waals surface area contributed by atoms with Crippen molar-refractivity contribution in [3.63, 3.8) is 0 Å². The maximum Gasteiger partial charge on any atom is 0.260 e. The molecule has 0 aliphatic heterocycles. The Balaban J connectivity index is 1.54. The van der Waals surface area contributed by atoms with Gasteiger partial charge in [0.2, 0.25) is 5.91 Å². The molecule has 0 radical (unpaired) electrons. The van der Waals surface area contributed by atoms with E-state index >= 15 is 0 Å². The summed E-state index contributed by atoms with van der Waals surface area (Å²) in [5, 5.41) is 4.28. The van der Waals surface area contributed by atoms with E-state index in [2.05, 4.69) is 40.2 Å². The number of thioether (sulfide) groups is 1. The largest absolute Gasteiger partial charge is 0.272 e. The topological polar surface area (TPSA) is 76.0 Å². The lowest BCUT2D eigenvalue weighted by Gasteiger charge is -2.17. The van der Waals surface area contributed by atoms with Crippen LogP contribution in [0.15, 0.2) is 66.7 Å². The molecule has 0 spiro atoms. The van der Waals surface area contributed by atoms with Crippen molar-refractivity contribution in [2.75, 3.05) is 5.75 Å². The van der Waals surface area contributed by atoms with E-state index in [0.717, 1.165) is 22.5 Å². The van der Waals surface area contributed by atoms with Crippen LogP contribution in [0.25, 0.3) is 0 Å².